The van der Waals surface area contributed by atoms with E-state index in [0.29, 0.717) is 42.4 Å². The van der Waals surface area contributed by atoms with Crippen LogP contribution in [0.1, 0.15) is 36.6 Å². The Morgan fingerprint density at radius 3 is 2.23 bits per heavy atom. The first kappa shape index (κ1) is 21.1. The van der Waals surface area contributed by atoms with Gasteiger partial charge in [0.15, 0.2) is 23.0 Å². The van der Waals surface area contributed by atoms with Gasteiger partial charge in [0.1, 0.15) is 12.6 Å². The van der Waals surface area contributed by atoms with E-state index in [2.05, 4.69) is 0 Å². The molecule has 0 saturated carbocycles. The molecule has 8 nitrogen and oxygen atoms in total. The van der Waals surface area contributed by atoms with Crippen molar-refractivity contribution in [2.75, 3.05) is 27.8 Å². The third-order valence-electron chi connectivity index (χ3n) is 5.99. The van der Waals surface area contributed by atoms with Gasteiger partial charge < -0.3 is 18.9 Å². The number of methoxy groups -OCH3 is 2. The fraction of sp³-hybridized carbons (Fsp3) is 0.391. The summed E-state index contributed by atoms with van der Waals surface area (Å²) in [4.78, 5) is 23.3. The Bertz CT molecular complexity index is 1090. The zero-order valence-corrected chi connectivity index (χ0v) is 18.3. The third kappa shape index (κ3) is 3.51. The first-order valence-corrected chi connectivity index (χ1v) is 10.1. The molecule has 31 heavy (non-hydrogen) atoms. The van der Waals surface area contributed by atoms with Crippen molar-refractivity contribution in [2.24, 2.45) is 0 Å². The third-order valence-corrected chi connectivity index (χ3v) is 5.99. The van der Waals surface area contributed by atoms with Crippen molar-refractivity contribution in [3.63, 3.8) is 0 Å². The van der Waals surface area contributed by atoms with Crippen LogP contribution in [-0.2, 0) is 22.4 Å². The molecule has 1 aliphatic heterocycles. The molecule has 1 heterocycles. The van der Waals surface area contributed by atoms with Gasteiger partial charge in [-0.1, -0.05) is 0 Å². The number of nitrogens with zero attached hydrogens (tertiary/aromatic N) is 1. The van der Waals surface area contributed by atoms with Crippen molar-refractivity contribution in [3.8, 4) is 34.1 Å². The Morgan fingerprint density at radius 1 is 0.968 bits per heavy atom. The van der Waals surface area contributed by atoms with Gasteiger partial charge in [-0.25, -0.2) is 5.21 Å². The topological polar surface area (TPSA) is 91.3 Å². The molecule has 0 amide bonds. The van der Waals surface area contributed by atoms with Gasteiger partial charge in [0.25, 0.3) is 0 Å². The molecule has 4 rings (SSSR count). The second-order valence-electron chi connectivity index (χ2n) is 8.11. The van der Waals surface area contributed by atoms with Crippen molar-refractivity contribution < 1.29 is 38.4 Å². The van der Waals surface area contributed by atoms with E-state index in [1.165, 1.54) is 28.1 Å². The van der Waals surface area contributed by atoms with Gasteiger partial charge in [-0.15, -0.1) is 0 Å². The highest BCUT2D eigenvalue weighted by Gasteiger charge is 2.45. The predicted octanol–water partition coefficient (Wildman–Crippen LogP) is 3.21. The van der Waals surface area contributed by atoms with Crippen molar-refractivity contribution in [1.82, 2.24) is 0 Å². The van der Waals surface area contributed by atoms with Crippen LogP contribution in [0.4, 0.5) is 0 Å². The van der Waals surface area contributed by atoms with E-state index >= 15 is 0 Å². The van der Waals surface area contributed by atoms with Gasteiger partial charge in [-0.05, 0) is 34.9 Å². The van der Waals surface area contributed by atoms with Crippen LogP contribution in [0, 0.1) is 0 Å². The fourth-order valence-electron chi connectivity index (χ4n) is 4.68. The highest BCUT2D eigenvalue weighted by molar-refractivity contribution is 5.86. The number of quaternary nitrogens is 1. The van der Waals surface area contributed by atoms with Gasteiger partial charge in [0.2, 0.25) is 0 Å². The van der Waals surface area contributed by atoms with Crippen molar-refractivity contribution in [1.29, 1.82) is 0 Å². The van der Waals surface area contributed by atoms with Crippen LogP contribution in [0.15, 0.2) is 18.2 Å². The Morgan fingerprint density at radius 2 is 1.61 bits per heavy atom. The second-order valence-corrected chi connectivity index (χ2v) is 8.11. The molecule has 2 atom stereocenters. The number of hydrogen-bond donors (Lipinski definition) is 1. The Labute approximate surface area is 180 Å². The molecular formula is C23H26NO7+. The lowest BCUT2D eigenvalue weighted by molar-refractivity contribution is -1.11. The summed E-state index contributed by atoms with van der Waals surface area (Å²) in [6, 6.07) is 5.16. The highest BCUT2D eigenvalue weighted by Crippen LogP contribution is 2.55. The van der Waals surface area contributed by atoms with Crippen LogP contribution in [-0.4, -0.2) is 49.6 Å². The van der Waals surface area contributed by atoms with Crippen LogP contribution in [0.25, 0.3) is 11.1 Å². The summed E-state index contributed by atoms with van der Waals surface area (Å²) < 4.78 is 21.8. The van der Waals surface area contributed by atoms with Gasteiger partial charge in [-0.2, -0.15) is 4.65 Å². The summed E-state index contributed by atoms with van der Waals surface area (Å²) in [7, 11) is 4.81. The normalized spacial score (nSPS) is 20.9. The van der Waals surface area contributed by atoms with Crippen molar-refractivity contribution in [2.45, 2.75) is 32.7 Å². The van der Waals surface area contributed by atoms with E-state index < -0.39 is 11.9 Å². The largest absolute Gasteiger partial charge is 0.493 e. The number of ether oxygens (including phenoxy) is 4. The average molecular weight is 428 g/mol. The summed E-state index contributed by atoms with van der Waals surface area (Å²) in [6.07, 6.45) is 1.17. The molecule has 2 aromatic rings. The number of carbonyl (C=O) groups excluding carboxylic acids is 2. The molecule has 1 aliphatic carbocycles. The number of esters is 2. The number of rotatable bonds is 4. The van der Waals surface area contributed by atoms with E-state index in [0.717, 1.165) is 27.8 Å². The Kier molecular flexibility index (Phi) is 5.15. The molecular weight excluding hydrogens is 402 g/mol. The Hall–Kier alpha value is -3.10. The predicted molar refractivity (Wildman–Crippen MR) is 111 cm³/mol. The van der Waals surface area contributed by atoms with Crippen molar-refractivity contribution in [3.05, 3.63) is 34.9 Å². The molecule has 0 spiro atoms. The number of carbonyl (C=O) groups is 2. The first-order valence-electron chi connectivity index (χ1n) is 10.1. The summed E-state index contributed by atoms with van der Waals surface area (Å²) in [5.41, 5.74) is 4.44. The molecule has 0 fully saturated rings. The minimum Gasteiger partial charge on any atom is -0.493 e. The molecule has 1 unspecified atom stereocenters. The lowest BCUT2D eigenvalue weighted by Gasteiger charge is -2.43. The van der Waals surface area contributed by atoms with Gasteiger partial charge in [0.05, 0.1) is 21.3 Å². The SMILES string of the molecule is COc1cc2c(cc1OC(C)=O)C[C@H]1c3c(cc(OC(C)=O)c(OC)c3-2)CC[N+]1(C)O. The fourth-order valence-corrected chi connectivity index (χ4v) is 4.68. The standard InChI is InChI=1S/C23H26NO7/c1-12(25)30-19-10-15-8-17-21-14(6-7-24(17,3)27)9-20(31-13(2)26)23(29-5)22(21)16(15)11-18(19)28-4/h9-11,17,27H,6-8H2,1-5H3/q+1/t17-,24?/m0/s1. The smallest absolute Gasteiger partial charge is 0.308 e. The number of fused-ring (bicyclic) bond motifs is 2. The zero-order valence-electron chi connectivity index (χ0n) is 18.3. The number of hydrogen-bond acceptors (Lipinski definition) is 7. The molecule has 0 aromatic heterocycles. The van der Waals surface area contributed by atoms with E-state index in [-0.39, 0.29) is 10.7 Å². The van der Waals surface area contributed by atoms with Crippen LogP contribution in [0.3, 0.4) is 0 Å². The van der Waals surface area contributed by atoms with Gasteiger partial charge >= 0.3 is 11.9 Å². The van der Waals surface area contributed by atoms with E-state index in [1.54, 1.807) is 19.2 Å². The quantitative estimate of drug-likeness (QED) is 0.454. The monoisotopic (exact) mass is 428 g/mol. The molecule has 2 aliphatic rings. The lowest BCUT2D eigenvalue weighted by atomic mass is 9.76. The highest BCUT2D eigenvalue weighted by atomic mass is 16.6. The summed E-state index contributed by atoms with van der Waals surface area (Å²) >= 11 is 0. The van der Waals surface area contributed by atoms with Crippen LogP contribution >= 0.6 is 0 Å². The maximum Gasteiger partial charge on any atom is 0.308 e. The minimum absolute atomic E-state index is 0.176. The zero-order chi connectivity index (χ0) is 22.5. The minimum atomic E-state index is -0.452. The maximum absolute atomic E-state index is 11.7. The van der Waals surface area contributed by atoms with Gasteiger partial charge in [0, 0.05) is 37.8 Å². The number of likely N-dealkylation sites (N-methyl/N-ethyl adjacent to an activating group) is 1. The molecule has 0 saturated heterocycles. The maximum atomic E-state index is 11.7. The summed E-state index contributed by atoms with van der Waals surface area (Å²) in [5, 5.41) is 11.2. The van der Waals surface area contributed by atoms with Crippen LogP contribution in [0.2, 0.25) is 0 Å². The number of benzene rings is 2. The van der Waals surface area contributed by atoms with E-state index in [9.17, 15) is 14.8 Å². The average Bonchev–Trinajstić information content (AvgIpc) is 2.69. The van der Waals surface area contributed by atoms with Crippen LogP contribution in [0.5, 0.6) is 23.0 Å². The molecule has 1 N–H and O–H groups in total. The Balaban J connectivity index is 2.04. The van der Waals surface area contributed by atoms with E-state index in [1.807, 2.05) is 6.07 Å². The van der Waals surface area contributed by atoms with Crippen molar-refractivity contribution >= 4 is 11.9 Å². The molecule has 0 radical (unpaired) electrons. The molecule has 164 valence electrons. The van der Waals surface area contributed by atoms with Crippen LogP contribution < -0.4 is 18.9 Å². The second kappa shape index (κ2) is 7.55. The van der Waals surface area contributed by atoms with E-state index in [4.69, 9.17) is 18.9 Å². The lowest BCUT2D eigenvalue weighted by Crippen LogP contribution is -2.50. The summed E-state index contributed by atoms with van der Waals surface area (Å²) in [6.45, 7) is 3.19. The van der Waals surface area contributed by atoms with Gasteiger partial charge in [-0.3, -0.25) is 9.59 Å². The molecule has 0 bridgehead atoms. The molecule has 2 aromatic carbocycles. The molecule has 8 heteroatoms. The number of hydroxylamine groups is 3. The first-order chi connectivity index (χ1) is 14.7. The summed E-state index contributed by atoms with van der Waals surface area (Å²) in [5.74, 6) is 0.580.